The maximum atomic E-state index is 11.1. The number of hydrogen-bond donors (Lipinski definition) is 0. The molecule has 0 amide bonds. The largest absolute Gasteiger partial charge is 0.372 e. The fourth-order valence-corrected chi connectivity index (χ4v) is 2.46. The zero-order valence-electron chi connectivity index (χ0n) is 10.1. The Balaban J connectivity index is 2.10. The number of halogens is 1. The van der Waals surface area contributed by atoms with Crippen molar-refractivity contribution in [2.24, 2.45) is 0 Å². The summed E-state index contributed by atoms with van der Waals surface area (Å²) in [5.74, 6) is 0. The van der Waals surface area contributed by atoms with Crippen molar-refractivity contribution < 1.29 is 9.53 Å². The van der Waals surface area contributed by atoms with E-state index in [0.29, 0.717) is 29.3 Å². The normalized spacial score (nSPS) is 18.7. The molecule has 0 radical (unpaired) electrons. The third-order valence-corrected chi connectivity index (χ3v) is 3.37. The number of ether oxygens (including phenoxy) is 1. The lowest BCUT2D eigenvalue weighted by Gasteiger charge is -2.12. The van der Waals surface area contributed by atoms with Gasteiger partial charge in [0.25, 0.3) is 0 Å². The van der Waals surface area contributed by atoms with E-state index in [0.717, 1.165) is 18.5 Å². The average molecular weight is 278 g/mol. The lowest BCUT2D eigenvalue weighted by atomic mass is 10.1. The van der Waals surface area contributed by atoms with Gasteiger partial charge in [0.15, 0.2) is 12.0 Å². The first kappa shape index (κ1) is 12.3. The van der Waals surface area contributed by atoms with E-state index in [1.807, 2.05) is 12.1 Å². The minimum Gasteiger partial charge on any atom is -0.372 e. The lowest BCUT2D eigenvalue weighted by molar-refractivity contribution is 0.102. The van der Waals surface area contributed by atoms with Crippen LogP contribution >= 0.6 is 11.6 Å². The summed E-state index contributed by atoms with van der Waals surface area (Å²) < 4.78 is 7.27. The summed E-state index contributed by atoms with van der Waals surface area (Å²) in [6.07, 6.45) is 2.43. The third kappa shape index (κ3) is 2.27. The van der Waals surface area contributed by atoms with Crippen molar-refractivity contribution >= 4 is 17.9 Å². The number of carbonyl (C=O) groups excluding carboxylic acids is 1. The molecule has 6 heteroatoms. The first-order valence-electron chi connectivity index (χ1n) is 6.08. The monoisotopic (exact) mass is 277 g/mol. The highest BCUT2D eigenvalue weighted by atomic mass is 35.5. The Labute approximate surface area is 115 Å². The van der Waals surface area contributed by atoms with Crippen molar-refractivity contribution in [3.05, 3.63) is 40.7 Å². The van der Waals surface area contributed by atoms with Crippen LogP contribution in [0.3, 0.4) is 0 Å². The van der Waals surface area contributed by atoms with E-state index in [1.165, 1.54) is 0 Å². The standard InChI is InChI=1S/C13H12ClN3O2/c14-9-3-1-4-10(7-9)17-13(11(8-18)15-16-17)12-5-2-6-19-12/h1,3-4,7-8,12H,2,5-6H2. The van der Waals surface area contributed by atoms with Crippen LogP contribution in [0, 0.1) is 0 Å². The summed E-state index contributed by atoms with van der Waals surface area (Å²) in [6, 6.07) is 7.27. The van der Waals surface area contributed by atoms with E-state index >= 15 is 0 Å². The predicted octanol–water partition coefficient (Wildman–Crippen LogP) is 2.58. The molecule has 2 heterocycles. The number of nitrogens with zero attached hydrogens (tertiary/aromatic N) is 3. The zero-order chi connectivity index (χ0) is 13.2. The molecule has 0 spiro atoms. The maximum absolute atomic E-state index is 11.1. The van der Waals surface area contributed by atoms with Crippen LogP contribution in [0.4, 0.5) is 0 Å². The topological polar surface area (TPSA) is 57.0 Å². The summed E-state index contributed by atoms with van der Waals surface area (Å²) >= 11 is 5.99. The van der Waals surface area contributed by atoms with Gasteiger partial charge in [0, 0.05) is 11.6 Å². The van der Waals surface area contributed by atoms with Crippen LogP contribution < -0.4 is 0 Å². The van der Waals surface area contributed by atoms with Crippen LogP contribution in [0.5, 0.6) is 0 Å². The summed E-state index contributed by atoms with van der Waals surface area (Å²) in [4.78, 5) is 11.1. The molecule has 19 heavy (non-hydrogen) atoms. The highest BCUT2D eigenvalue weighted by molar-refractivity contribution is 6.30. The van der Waals surface area contributed by atoms with E-state index in [1.54, 1.807) is 16.8 Å². The van der Waals surface area contributed by atoms with Gasteiger partial charge in [0.1, 0.15) is 11.8 Å². The van der Waals surface area contributed by atoms with Crippen LogP contribution in [0.2, 0.25) is 5.02 Å². The Hall–Kier alpha value is -1.72. The van der Waals surface area contributed by atoms with Gasteiger partial charge in [-0.25, -0.2) is 4.68 Å². The van der Waals surface area contributed by atoms with Crippen molar-refractivity contribution in [2.45, 2.75) is 18.9 Å². The summed E-state index contributed by atoms with van der Waals surface area (Å²) in [5, 5.41) is 8.56. The first-order valence-corrected chi connectivity index (χ1v) is 6.45. The van der Waals surface area contributed by atoms with Crippen LogP contribution in [-0.4, -0.2) is 27.9 Å². The molecule has 1 fully saturated rings. The second-order valence-corrected chi connectivity index (χ2v) is 4.81. The van der Waals surface area contributed by atoms with E-state index in [2.05, 4.69) is 10.3 Å². The minimum absolute atomic E-state index is 0.130. The average Bonchev–Trinajstić information content (AvgIpc) is 3.07. The van der Waals surface area contributed by atoms with Crippen molar-refractivity contribution in [3.63, 3.8) is 0 Å². The fraction of sp³-hybridized carbons (Fsp3) is 0.308. The smallest absolute Gasteiger partial charge is 0.172 e. The molecule has 0 aliphatic carbocycles. The molecule has 1 aliphatic heterocycles. The second-order valence-electron chi connectivity index (χ2n) is 4.37. The van der Waals surface area contributed by atoms with Crippen molar-refractivity contribution in [1.29, 1.82) is 0 Å². The molecule has 1 atom stereocenters. The molecular formula is C13H12ClN3O2. The van der Waals surface area contributed by atoms with E-state index in [9.17, 15) is 4.79 Å². The molecular weight excluding hydrogens is 266 g/mol. The van der Waals surface area contributed by atoms with Crippen LogP contribution in [0.15, 0.2) is 24.3 Å². The summed E-state index contributed by atoms with van der Waals surface area (Å²) in [6.45, 7) is 0.698. The highest BCUT2D eigenvalue weighted by Gasteiger charge is 2.27. The van der Waals surface area contributed by atoms with Gasteiger partial charge in [-0.3, -0.25) is 4.79 Å². The van der Waals surface area contributed by atoms with Gasteiger partial charge in [-0.1, -0.05) is 22.9 Å². The van der Waals surface area contributed by atoms with Gasteiger partial charge in [0.05, 0.1) is 5.69 Å². The molecule has 5 nitrogen and oxygen atoms in total. The van der Waals surface area contributed by atoms with Crippen LogP contribution in [0.1, 0.15) is 35.1 Å². The summed E-state index contributed by atoms with van der Waals surface area (Å²) in [7, 11) is 0. The second kappa shape index (κ2) is 5.11. The molecule has 1 unspecified atom stereocenters. The highest BCUT2D eigenvalue weighted by Crippen LogP contribution is 2.31. The number of benzene rings is 1. The minimum atomic E-state index is -0.130. The van der Waals surface area contributed by atoms with Gasteiger partial charge in [-0.2, -0.15) is 0 Å². The SMILES string of the molecule is O=Cc1nnn(-c2cccc(Cl)c2)c1C1CCCO1. The van der Waals surface area contributed by atoms with Crippen molar-refractivity contribution in [2.75, 3.05) is 6.61 Å². The Morgan fingerprint density at radius 3 is 3.05 bits per heavy atom. The number of hydrogen-bond acceptors (Lipinski definition) is 4. The maximum Gasteiger partial charge on any atom is 0.172 e. The molecule has 1 aromatic heterocycles. The molecule has 0 N–H and O–H groups in total. The van der Waals surface area contributed by atoms with E-state index < -0.39 is 0 Å². The van der Waals surface area contributed by atoms with Crippen LogP contribution in [-0.2, 0) is 4.74 Å². The molecule has 1 aliphatic rings. The Morgan fingerprint density at radius 1 is 1.47 bits per heavy atom. The van der Waals surface area contributed by atoms with E-state index in [4.69, 9.17) is 16.3 Å². The van der Waals surface area contributed by atoms with Crippen LogP contribution in [0.25, 0.3) is 5.69 Å². The van der Waals surface area contributed by atoms with Gasteiger partial charge < -0.3 is 4.74 Å². The van der Waals surface area contributed by atoms with Gasteiger partial charge in [-0.15, -0.1) is 5.10 Å². The predicted molar refractivity (Wildman–Crippen MR) is 69.7 cm³/mol. The Kier molecular flexibility index (Phi) is 3.31. The number of aromatic nitrogens is 3. The molecule has 1 saturated heterocycles. The zero-order valence-corrected chi connectivity index (χ0v) is 10.9. The van der Waals surface area contributed by atoms with Gasteiger partial charge in [-0.05, 0) is 31.0 Å². The third-order valence-electron chi connectivity index (χ3n) is 3.13. The molecule has 1 aromatic carbocycles. The fourth-order valence-electron chi connectivity index (χ4n) is 2.28. The molecule has 0 bridgehead atoms. The number of rotatable bonds is 3. The number of aldehydes is 1. The van der Waals surface area contributed by atoms with Gasteiger partial charge >= 0.3 is 0 Å². The van der Waals surface area contributed by atoms with Crippen molar-refractivity contribution in [3.8, 4) is 5.69 Å². The lowest BCUT2D eigenvalue weighted by Crippen LogP contribution is -2.08. The first-order chi connectivity index (χ1) is 9.29. The number of carbonyl (C=O) groups is 1. The molecule has 2 aromatic rings. The quantitative estimate of drug-likeness (QED) is 0.809. The molecule has 98 valence electrons. The van der Waals surface area contributed by atoms with Gasteiger partial charge in [0.2, 0.25) is 0 Å². The Morgan fingerprint density at radius 2 is 2.37 bits per heavy atom. The van der Waals surface area contributed by atoms with E-state index in [-0.39, 0.29) is 6.10 Å². The summed E-state index contributed by atoms with van der Waals surface area (Å²) in [5.41, 5.74) is 1.81. The molecule has 3 rings (SSSR count). The molecule has 0 saturated carbocycles. The van der Waals surface area contributed by atoms with Crippen molar-refractivity contribution in [1.82, 2.24) is 15.0 Å². The Bertz CT molecular complexity index is 606.